The Bertz CT molecular complexity index is 660. The van der Waals surface area contributed by atoms with Gasteiger partial charge >= 0.3 is 0 Å². The minimum atomic E-state index is -0.122. The molecule has 1 heterocycles. The Morgan fingerprint density at radius 2 is 1.76 bits per heavy atom. The van der Waals surface area contributed by atoms with Crippen molar-refractivity contribution in [2.75, 3.05) is 0 Å². The van der Waals surface area contributed by atoms with Crippen LogP contribution >= 0.6 is 0 Å². The van der Waals surface area contributed by atoms with Crippen LogP contribution in [0.3, 0.4) is 0 Å². The molecular formula is C20H28O5. The van der Waals surface area contributed by atoms with Gasteiger partial charge in [0.1, 0.15) is 23.4 Å². The summed E-state index contributed by atoms with van der Waals surface area (Å²) in [5.74, 6) is 1.13. The lowest BCUT2D eigenvalue weighted by atomic mass is 9.83. The summed E-state index contributed by atoms with van der Waals surface area (Å²) in [5.41, 5.74) is 2.47. The number of hydrogen-bond donors (Lipinski definition) is 3. The Morgan fingerprint density at radius 3 is 2.36 bits per heavy atom. The molecule has 0 saturated heterocycles. The predicted molar refractivity (Wildman–Crippen MR) is 101 cm³/mol. The largest absolute Gasteiger partial charge is 0.512 e. The van der Waals surface area contributed by atoms with Crippen LogP contribution in [-0.2, 0) is 6.42 Å². The van der Waals surface area contributed by atoms with Gasteiger partial charge in [-0.2, -0.15) is 0 Å². The van der Waals surface area contributed by atoms with E-state index in [-0.39, 0.29) is 36.4 Å². The first-order valence-corrected chi connectivity index (χ1v) is 7.61. The maximum Gasteiger partial charge on any atom is 0.130 e. The Balaban J connectivity index is 0.00000139. The molecule has 2 atom stereocenters. The molecule has 0 bridgehead atoms. The number of aliphatic hydroxyl groups is 1. The average Bonchev–Trinajstić information content (AvgIpc) is 2.52. The third kappa shape index (κ3) is 4.57. The molecule has 5 heteroatoms. The molecule has 0 fully saturated rings. The van der Waals surface area contributed by atoms with Crippen molar-refractivity contribution in [1.29, 1.82) is 0 Å². The van der Waals surface area contributed by atoms with E-state index in [4.69, 9.17) is 4.74 Å². The van der Waals surface area contributed by atoms with E-state index in [9.17, 15) is 15.3 Å². The van der Waals surface area contributed by atoms with E-state index < -0.39 is 0 Å². The van der Waals surface area contributed by atoms with Crippen LogP contribution in [0.1, 0.15) is 25.3 Å². The highest BCUT2D eigenvalue weighted by Crippen LogP contribution is 2.42. The van der Waals surface area contributed by atoms with Crippen LogP contribution in [0.4, 0.5) is 0 Å². The zero-order valence-corrected chi connectivity index (χ0v) is 14.9. The monoisotopic (exact) mass is 348 g/mol. The molecule has 138 valence electrons. The van der Waals surface area contributed by atoms with Crippen molar-refractivity contribution in [3.8, 4) is 17.2 Å². The van der Waals surface area contributed by atoms with Crippen molar-refractivity contribution in [2.45, 2.75) is 32.3 Å². The van der Waals surface area contributed by atoms with Gasteiger partial charge in [0.05, 0.1) is 5.76 Å². The van der Waals surface area contributed by atoms with Crippen LogP contribution < -0.4 is 4.74 Å². The fraction of sp³-hybridized carbons (Fsp3) is 0.300. The summed E-state index contributed by atoms with van der Waals surface area (Å²) in [4.78, 5) is 0. The smallest absolute Gasteiger partial charge is 0.130 e. The Labute approximate surface area is 149 Å². The lowest BCUT2D eigenvalue weighted by molar-refractivity contribution is 0.147. The third-order valence-electron chi connectivity index (χ3n) is 4.21. The van der Waals surface area contributed by atoms with Gasteiger partial charge in [-0.25, -0.2) is 0 Å². The van der Waals surface area contributed by atoms with Crippen molar-refractivity contribution in [3.63, 3.8) is 0 Å². The molecule has 2 radical (unpaired) electrons. The zero-order chi connectivity index (χ0) is 17.1. The van der Waals surface area contributed by atoms with Crippen LogP contribution in [0.25, 0.3) is 0 Å². The second-order valence-corrected chi connectivity index (χ2v) is 5.85. The number of aliphatic hydroxyl groups excluding tert-OH is 1. The van der Waals surface area contributed by atoms with Gasteiger partial charge in [0.2, 0.25) is 0 Å². The average molecular weight is 348 g/mol. The van der Waals surface area contributed by atoms with E-state index in [1.54, 1.807) is 0 Å². The number of fused-ring (bicyclic) bond motifs is 1. The second-order valence-electron chi connectivity index (χ2n) is 5.85. The van der Waals surface area contributed by atoms with Crippen LogP contribution in [0.15, 0.2) is 48.3 Å². The minimum Gasteiger partial charge on any atom is -0.512 e. The van der Waals surface area contributed by atoms with E-state index in [1.807, 2.05) is 6.08 Å². The van der Waals surface area contributed by atoms with Gasteiger partial charge < -0.3 is 25.5 Å². The molecule has 0 aromatic heterocycles. The number of benzene rings is 1. The van der Waals surface area contributed by atoms with Crippen LogP contribution in [0.2, 0.25) is 0 Å². The highest BCUT2D eigenvalue weighted by Gasteiger charge is 2.32. The fourth-order valence-corrected chi connectivity index (χ4v) is 3.08. The normalized spacial score (nSPS) is 21.3. The van der Waals surface area contributed by atoms with Crippen molar-refractivity contribution in [3.05, 3.63) is 68.2 Å². The number of aromatic hydroxyl groups is 2. The van der Waals surface area contributed by atoms with Gasteiger partial charge in [-0.1, -0.05) is 20.4 Å². The van der Waals surface area contributed by atoms with E-state index in [0.717, 1.165) is 17.6 Å². The van der Waals surface area contributed by atoms with E-state index in [0.29, 0.717) is 29.9 Å². The number of phenolic OH excluding ortho intramolecular Hbond substituents is 2. The van der Waals surface area contributed by atoms with Crippen LogP contribution in [-0.4, -0.2) is 26.9 Å². The first-order valence-electron chi connectivity index (χ1n) is 7.61. The molecule has 1 aliphatic carbocycles. The SMILES string of the molecule is C=C.O.[CH2]C1=C(O)CCC([C@H]2Oc3cc(O)cc(O)c3C[C@H]2C)=C1.[CH3]. The summed E-state index contributed by atoms with van der Waals surface area (Å²) in [7, 11) is 0. The lowest BCUT2D eigenvalue weighted by Gasteiger charge is -2.34. The predicted octanol–water partition coefficient (Wildman–Crippen LogP) is 3.83. The van der Waals surface area contributed by atoms with E-state index in [2.05, 4.69) is 27.0 Å². The van der Waals surface area contributed by atoms with E-state index in [1.165, 1.54) is 12.1 Å². The molecule has 0 unspecified atom stereocenters. The summed E-state index contributed by atoms with van der Waals surface area (Å²) >= 11 is 0. The summed E-state index contributed by atoms with van der Waals surface area (Å²) < 4.78 is 6.01. The topological polar surface area (TPSA) is 101 Å². The van der Waals surface area contributed by atoms with Crippen molar-refractivity contribution in [1.82, 2.24) is 0 Å². The first-order chi connectivity index (χ1) is 11.0. The number of rotatable bonds is 1. The summed E-state index contributed by atoms with van der Waals surface area (Å²) in [6, 6.07) is 2.87. The van der Waals surface area contributed by atoms with Crippen molar-refractivity contribution in [2.24, 2.45) is 5.92 Å². The maximum atomic E-state index is 9.92. The highest BCUT2D eigenvalue weighted by molar-refractivity contribution is 5.51. The Kier molecular flexibility index (Phi) is 8.30. The standard InChI is InChI=1S/C17H19O4.C2H4.CH3.H2O/c1-9-5-11(3-4-14(9)19)17-10(2)6-13-15(20)7-12(18)8-16(13)21-17;1-2;;/h5,7-8,10,17-20H,1,3-4,6H2,2H3;1-2H2;1H3;1H2/t10-,17+;;;/m1.../s1. The second kappa shape index (κ2) is 9.18. The highest BCUT2D eigenvalue weighted by atomic mass is 16.5. The molecule has 3 rings (SSSR count). The van der Waals surface area contributed by atoms with Gasteiger partial charge in [-0.05, 0) is 30.9 Å². The number of ether oxygens (including phenoxy) is 1. The Hall–Kier alpha value is -2.40. The summed E-state index contributed by atoms with van der Waals surface area (Å²) in [6.07, 6.45) is 3.76. The summed E-state index contributed by atoms with van der Waals surface area (Å²) in [6.45, 7) is 11.9. The van der Waals surface area contributed by atoms with Crippen LogP contribution in [0, 0.1) is 20.3 Å². The quantitative estimate of drug-likeness (QED) is 0.671. The maximum absolute atomic E-state index is 9.92. The molecular weight excluding hydrogens is 320 g/mol. The van der Waals surface area contributed by atoms with Crippen LogP contribution in [0.5, 0.6) is 17.2 Å². The van der Waals surface area contributed by atoms with Gasteiger partial charge in [0.25, 0.3) is 0 Å². The lowest BCUT2D eigenvalue weighted by Crippen LogP contribution is -2.33. The molecule has 2 aliphatic rings. The number of phenols is 2. The minimum absolute atomic E-state index is 0. The van der Waals surface area contributed by atoms with Gasteiger partial charge in [-0.15, -0.1) is 13.2 Å². The third-order valence-corrected chi connectivity index (χ3v) is 4.21. The van der Waals surface area contributed by atoms with E-state index >= 15 is 0 Å². The summed E-state index contributed by atoms with van der Waals surface area (Å²) in [5, 5.41) is 29.2. The fourth-order valence-electron chi connectivity index (χ4n) is 3.08. The Morgan fingerprint density at radius 1 is 1.12 bits per heavy atom. The molecule has 1 aromatic carbocycles. The van der Waals surface area contributed by atoms with Gasteiger partial charge in [-0.3, -0.25) is 0 Å². The van der Waals surface area contributed by atoms with Crippen molar-refractivity contribution < 1.29 is 25.5 Å². The van der Waals surface area contributed by atoms with Gasteiger partial charge in [0.15, 0.2) is 0 Å². The molecule has 1 aromatic rings. The molecule has 25 heavy (non-hydrogen) atoms. The molecule has 5 N–H and O–H groups in total. The molecule has 0 amide bonds. The van der Waals surface area contributed by atoms with Crippen molar-refractivity contribution >= 4 is 0 Å². The molecule has 1 aliphatic heterocycles. The molecule has 5 nitrogen and oxygen atoms in total. The molecule has 0 saturated carbocycles. The number of hydrogen-bond acceptors (Lipinski definition) is 4. The van der Waals surface area contributed by atoms with Gasteiger partial charge in [0, 0.05) is 30.0 Å². The molecule has 0 spiro atoms. The zero-order valence-electron chi connectivity index (χ0n) is 14.9. The number of allylic oxidation sites excluding steroid dienone is 3. The first kappa shape index (κ1) is 22.6.